The Balaban J connectivity index is 1.99. The van der Waals surface area contributed by atoms with E-state index in [0.29, 0.717) is 12.6 Å². The van der Waals surface area contributed by atoms with E-state index in [-0.39, 0.29) is 0 Å². The summed E-state index contributed by atoms with van der Waals surface area (Å²) in [4.78, 5) is 2.44. The first-order chi connectivity index (χ1) is 8.70. The minimum Gasteiger partial charge on any atom is -0.320 e. The van der Waals surface area contributed by atoms with Crippen LogP contribution in [0.15, 0.2) is 24.3 Å². The van der Waals surface area contributed by atoms with Crippen LogP contribution in [0.3, 0.4) is 0 Å². The van der Waals surface area contributed by atoms with Crippen LogP contribution in [-0.4, -0.2) is 24.5 Å². The Labute approximate surface area is 110 Å². The van der Waals surface area contributed by atoms with Crippen LogP contribution < -0.4 is 5.73 Å². The Morgan fingerprint density at radius 2 is 2.22 bits per heavy atom. The molecule has 2 N–H and O–H groups in total. The van der Waals surface area contributed by atoms with Gasteiger partial charge in [-0.25, -0.2) is 0 Å². The van der Waals surface area contributed by atoms with E-state index >= 15 is 0 Å². The lowest BCUT2D eigenvalue weighted by atomic mass is 10.1. The summed E-state index contributed by atoms with van der Waals surface area (Å²) in [7, 11) is 2.21. The van der Waals surface area contributed by atoms with Crippen LogP contribution in [0.4, 0.5) is 0 Å². The number of rotatable bonds is 4. The lowest BCUT2D eigenvalue weighted by molar-refractivity contribution is 0.226. The van der Waals surface area contributed by atoms with Crippen LogP contribution >= 0.6 is 0 Å². The minimum atomic E-state index is 0.419. The van der Waals surface area contributed by atoms with Gasteiger partial charge in [0.1, 0.15) is 0 Å². The van der Waals surface area contributed by atoms with Gasteiger partial charge in [-0.05, 0) is 50.4 Å². The van der Waals surface area contributed by atoms with Crippen LogP contribution in [0.5, 0.6) is 0 Å². The maximum atomic E-state index is 5.39. The van der Waals surface area contributed by atoms with Crippen molar-refractivity contribution in [3.8, 4) is 11.8 Å². The van der Waals surface area contributed by atoms with E-state index in [4.69, 9.17) is 5.73 Å². The maximum absolute atomic E-state index is 5.39. The summed E-state index contributed by atoms with van der Waals surface area (Å²) in [6.07, 6.45) is 2.79. The van der Waals surface area contributed by atoms with Crippen LogP contribution in [0.1, 0.15) is 30.9 Å². The first kappa shape index (κ1) is 13.1. The topological polar surface area (TPSA) is 29.3 Å². The lowest BCUT2D eigenvalue weighted by Gasteiger charge is -2.24. The summed E-state index contributed by atoms with van der Waals surface area (Å²) in [6, 6.07) is 9.13. The summed E-state index contributed by atoms with van der Waals surface area (Å²) >= 11 is 0. The zero-order valence-electron chi connectivity index (χ0n) is 11.3. The molecular formula is C16H22N2. The highest BCUT2D eigenvalue weighted by Gasteiger charge is 2.30. The van der Waals surface area contributed by atoms with Gasteiger partial charge in [0.25, 0.3) is 0 Å². The highest BCUT2D eigenvalue weighted by molar-refractivity contribution is 5.37. The second kappa shape index (κ2) is 6.04. The third-order valence-electron chi connectivity index (χ3n) is 3.69. The van der Waals surface area contributed by atoms with E-state index in [1.807, 2.05) is 6.07 Å². The van der Waals surface area contributed by atoms with Gasteiger partial charge in [0.05, 0.1) is 6.54 Å². The summed E-state index contributed by atoms with van der Waals surface area (Å²) in [5.74, 6) is 6.90. The first-order valence-corrected chi connectivity index (χ1v) is 6.69. The average molecular weight is 242 g/mol. The fourth-order valence-corrected chi connectivity index (χ4v) is 2.27. The molecule has 0 heterocycles. The zero-order valence-corrected chi connectivity index (χ0v) is 11.3. The fourth-order valence-electron chi connectivity index (χ4n) is 2.27. The second-order valence-corrected chi connectivity index (χ2v) is 5.20. The molecule has 1 fully saturated rings. The van der Waals surface area contributed by atoms with Crippen LogP contribution in [-0.2, 0) is 6.54 Å². The standard InChI is InChI=1S/C16H22N2/c1-13(16-8-9-16)18(2)12-15-6-3-5-14(11-15)7-4-10-17/h3,5-6,11,13,16H,8-10,12,17H2,1-2H3. The summed E-state index contributed by atoms with van der Waals surface area (Å²) < 4.78 is 0. The highest BCUT2D eigenvalue weighted by atomic mass is 15.1. The molecule has 1 unspecified atom stereocenters. The molecule has 1 atom stereocenters. The predicted molar refractivity (Wildman–Crippen MR) is 76.0 cm³/mol. The number of nitrogens with zero attached hydrogens (tertiary/aromatic N) is 1. The van der Waals surface area contributed by atoms with Crippen LogP contribution in [0.2, 0.25) is 0 Å². The predicted octanol–water partition coefficient (Wildman–Crippen LogP) is 2.23. The van der Waals surface area contributed by atoms with Crippen molar-refractivity contribution in [1.82, 2.24) is 4.90 Å². The van der Waals surface area contributed by atoms with Crippen LogP contribution in [0.25, 0.3) is 0 Å². The van der Waals surface area contributed by atoms with Gasteiger partial charge in [-0.1, -0.05) is 24.0 Å². The summed E-state index contributed by atoms with van der Waals surface area (Å²) in [5.41, 5.74) is 7.78. The van der Waals surface area contributed by atoms with Gasteiger partial charge >= 0.3 is 0 Å². The first-order valence-electron chi connectivity index (χ1n) is 6.69. The molecule has 2 nitrogen and oxygen atoms in total. The molecule has 1 aliphatic carbocycles. The number of hydrogen-bond donors (Lipinski definition) is 1. The molecule has 0 spiro atoms. The number of hydrogen-bond acceptors (Lipinski definition) is 2. The SMILES string of the molecule is CC(C1CC1)N(C)Cc1cccc(C#CCN)c1. The van der Waals surface area contributed by atoms with Crippen molar-refractivity contribution in [2.24, 2.45) is 11.7 Å². The van der Waals surface area contributed by atoms with E-state index in [1.165, 1.54) is 18.4 Å². The van der Waals surface area contributed by atoms with Crippen molar-refractivity contribution in [2.75, 3.05) is 13.6 Å². The molecule has 18 heavy (non-hydrogen) atoms. The quantitative estimate of drug-likeness (QED) is 0.820. The van der Waals surface area contributed by atoms with Crippen LogP contribution in [0, 0.1) is 17.8 Å². The fraction of sp³-hybridized carbons (Fsp3) is 0.500. The highest BCUT2D eigenvalue weighted by Crippen LogP contribution is 2.35. The molecule has 96 valence electrons. The Morgan fingerprint density at radius 3 is 2.89 bits per heavy atom. The molecule has 0 amide bonds. The van der Waals surface area contributed by atoms with Crippen molar-refractivity contribution in [1.29, 1.82) is 0 Å². The van der Waals surface area contributed by atoms with Gasteiger partial charge in [-0.15, -0.1) is 0 Å². The van der Waals surface area contributed by atoms with E-state index < -0.39 is 0 Å². The molecule has 0 radical (unpaired) electrons. The third-order valence-corrected chi connectivity index (χ3v) is 3.69. The molecule has 0 bridgehead atoms. The van der Waals surface area contributed by atoms with Gasteiger partial charge in [-0.3, -0.25) is 4.90 Å². The van der Waals surface area contributed by atoms with E-state index in [0.717, 1.165) is 18.0 Å². The summed E-state index contributed by atoms with van der Waals surface area (Å²) in [6.45, 7) is 3.74. The second-order valence-electron chi connectivity index (χ2n) is 5.20. The third kappa shape index (κ3) is 3.60. The van der Waals surface area contributed by atoms with Crippen molar-refractivity contribution in [3.63, 3.8) is 0 Å². The Hall–Kier alpha value is -1.30. The molecule has 1 aromatic carbocycles. The van der Waals surface area contributed by atoms with Crippen molar-refractivity contribution < 1.29 is 0 Å². The molecule has 2 heteroatoms. The monoisotopic (exact) mass is 242 g/mol. The number of nitrogens with two attached hydrogens (primary N) is 1. The van der Waals surface area contributed by atoms with Crippen molar-refractivity contribution in [2.45, 2.75) is 32.4 Å². The molecule has 1 aromatic rings. The van der Waals surface area contributed by atoms with Gasteiger partial charge in [0.2, 0.25) is 0 Å². The lowest BCUT2D eigenvalue weighted by Crippen LogP contribution is -2.30. The normalized spacial score (nSPS) is 16.2. The van der Waals surface area contributed by atoms with Gasteiger partial charge in [-0.2, -0.15) is 0 Å². The maximum Gasteiger partial charge on any atom is 0.0555 e. The average Bonchev–Trinajstić information content (AvgIpc) is 3.20. The van der Waals surface area contributed by atoms with Gasteiger partial charge in [0, 0.05) is 18.2 Å². The number of benzene rings is 1. The molecule has 1 saturated carbocycles. The summed E-state index contributed by atoms with van der Waals surface area (Å²) in [5, 5.41) is 0. The molecule has 1 aliphatic rings. The van der Waals surface area contributed by atoms with E-state index in [1.54, 1.807) is 0 Å². The van der Waals surface area contributed by atoms with Gasteiger partial charge in [0.15, 0.2) is 0 Å². The molecule has 2 rings (SSSR count). The zero-order chi connectivity index (χ0) is 13.0. The van der Waals surface area contributed by atoms with E-state index in [2.05, 4.69) is 48.9 Å². The van der Waals surface area contributed by atoms with Gasteiger partial charge < -0.3 is 5.73 Å². The van der Waals surface area contributed by atoms with Crippen molar-refractivity contribution in [3.05, 3.63) is 35.4 Å². The smallest absolute Gasteiger partial charge is 0.0555 e. The Bertz CT molecular complexity index is 452. The molecule has 0 aliphatic heterocycles. The van der Waals surface area contributed by atoms with E-state index in [9.17, 15) is 0 Å². The Kier molecular flexibility index (Phi) is 4.41. The molecule has 0 aromatic heterocycles. The minimum absolute atomic E-state index is 0.419. The van der Waals surface area contributed by atoms with Crippen molar-refractivity contribution >= 4 is 0 Å². The largest absolute Gasteiger partial charge is 0.320 e. The Morgan fingerprint density at radius 1 is 1.44 bits per heavy atom. The molecular weight excluding hydrogens is 220 g/mol. The molecule has 0 saturated heterocycles.